The van der Waals surface area contributed by atoms with Crippen molar-refractivity contribution in [2.75, 3.05) is 11.1 Å². The largest absolute Gasteiger partial charge is 0.368 e. The Bertz CT molecular complexity index is 804. The van der Waals surface area contributed by atoms with Gasteiger partial charge in [0.2, 0.25) is 17.1 Å². The van der Waals surface area contributed by atoms with Crippen molar-refractivity contribution in [1.82, 2.24) is 30.1 Å². The van der Waals surface area contributed by atoms with Crippen molar-refractivity contribution < 1.29 is 0 Å². The van der Waals surface area contributed by atoms with E-state index in [1.54, 1.807) is 12.1 Å². The van der Waals surface area contributed by atoms with Crippen molar-refractivity contribution in [3.8, 4) is 0 Å². The summed E-state index contributed by atoms with van der Waals surface area (Å²) in [7, 11) is 0. The SMILES string of the molecule is Cc1nc(SCc2nc(N)nc(Nc3ccc(Cl)cc3)n2)n[nH]1. The molecule has 10 heteroatoms. The molecule has 8 nitrogen and oxygen atoms in total. The van der Waals surface area contributed by atoms with Crippen molar-refractivity contribution in [2.45, 2.75) is 17.8 Å². The first-order valence-electron chi connectivity index (χ1n) is 6.63. The number of thioether (sulfide) groups is 1. The van der Waals surface area contributed by atoms with Crippen LogP contribution in [0.3, 0.4) is 0 Å². The van der Waals surface area contributed by atoms with Crippen molar-refractivity contribution in [2.24, 2.45) is 0 Å². The third kappa shape index (κ3) is 4.30. The van der Waals surface area contributed by atoms with Crippen molar-refractivity contribution >= 4 is 40.9 Å². The molecule has 3 rings (SSSR count). The van der Waals surface area contributed by atoms with E-state index in [1.165, 1.54) is 11.8 Å². The molecule has 3 aromatic rings. The predicted octanol–water partition coefficient (Wildman–Crippen LogP) is 2.57. The zero-order valence-electron chi connectivity index (χ0n) is 12.1. The van der Waals surface area contributed by atoms with E-state index < -0.39 is 0 Å². The summed E-state index contributed by atoms with van der Waals surface area (Å²) in [4.78, 5) is 16.7. The number of hydrogen-bond acceptors (Lipinski definition) is 8. The highest BCUT2D eigenvalue weighted by molar-refractivity contribution is 7.98. The van der Waals surface area contributed by atoms with Gasteiger partial charge in [-0.1, -0.05) is 23.4 Å². The number of hydrogen-bond donors (Lipinski definition) is 3. The lowest BCUT2D eigenvalue weighted by Gasteiger charge is -2.07. The minimum atomic E-state index is 0.151. The molecule has 2 heterocycles. The first-order valence-corrected chi connectivity index (χ1v) is 8.00. The predicted molar refractivity (Wildman–Crippen MR) is 89.7 cm³/mol. The van der Waals surface area contributed by atoms with Gasteiger partial charge in [0, 0.05) is 10.7 Å². The van der Waals surface area contributed by atoms with Crippen LogP contribution in [0.5, 0.6) is 0 Å². The Labute approximate surface area is 141 Å². The molecular weight excluding hydrogens is 336 g/mol. The van der Waals surface area contributed by atoms with E-state index in [1.807, 2.05) is 19.1 Å². The van der Waals surface area contributed by atoms with E-state index in [2.05, 4.69) is 35.5 Å². The van der Waals surface area contributed by atoms with Gasteiger partial charge < -0.3 is 11.1 Å². The number of rotatable bonds is 5. The summed E-state index contributed by atoms with van der Waals surface area (Å²) >= 11 is 7.27. The number of nitrogens with one attached hydrogen (secondary N) is 2. The number of H-pyrrole nitrogens is 1. The van der Waals surface area contributed by atoms with Crippen LogP contribution in [0.25, 0.3) is 0 Å². The van der Waals surface area contributed by atoms with Gasteiger partial charge in [0.05, 0.1) is 5.75 Å². The molecule has 0 aliphatic carbocycles. The lowest BCUT2D eigenvalue weighted by molar-refractivity contribution is 0.954. The summed E-state index contributed by atoms with van der Waals surface area (Å²) in [5, 5.41) is 11.2. The lowest BCUT2D eigenvalue weighted by Crippen LogP contribution is -2.06. The number of nitrogen functional groups attached to an aromatic ring is 1. The van der Waals surface area contributed by atoms with Crippen LogP contribution >= 0.6 is 23.4 Å². The zero-order chi connectivity index (χ0) is 16.2. The summed E-state index contributed by atoms with van der Waals surface area (Å²) in [5.74, 6) is 2.31. The molecule has 0 aliphatic rings. The molecule has 4 N–H and O–H groups in total. The van der Waals surface area contributed by atoms with Gasteiger partial charge >= 0.3 is 0 Å². The second-order valence-corrected chi connectivity index (χ2v) is 5.94. The minimum absolute atomic E-state index is 0.151. The molecule has 118 valence electrons. The van der Waals surface area contributed by atoms with Gasteiger partial charge in [-0.2, -0.15) is 15.0 Å². The van der Waals surface area contributed by atoms with Crippen molar-refractivity contribution in [3.05, 3.63) is 40.9 Å². The van der Waals surface area contributed by atoms with Gasteiger partial charge in [0.25, 0.3) is 0 Å². The number of anilines is 3. The molecule has 0 saturated heterocycles. The van der Waals surface area contributed by atoms with Gasteiger partial charge in [-0.15, -0.1) is 5.10 Å². The summed E-state index contributed by atoms with van der Waals surface area (Å²) in [6, 6.07) is 7.20. The molecule has 0 fully saturated rings. The molecule has 2 aromatic heterocycles. The molecular formula is C13H13ClN8S. The maximum absolute atomic E-state index is 5.86. The number of nitrogens with two attached hydrogens (primary N) is 1. The molecule has 0 bridgehead atoms. The van der Waals surface area contributed by atoms with Gasteiger partial charge in [0.1, 0.15) is 11.6 Å². The van der Waals surface area contributed by atoms with Gasteiger partial charge in [-0.3, -0.25) is 5.10 Å². The van der Waals surface area contributed by atoms with E-state index in [0.717, 1.165) is 11.5 Å². The molecule has 0 atom stereocenters. The van der Waals surface area contributed by atoms with E-state index in [-0.39, 0.29) is 5.95 Å². The van der Waals surface area contributed by atoms with E-state index in [9.17, 15) is 0 Å². The van der Waals surface area contributed by atoms with Crippen LogP contribution in [-0.2, 0) is 5.75 Å². The summed E-state index contributed by atoms with van der Waals surface area (Å²) in [5.41, 5.74) is 6.55. The quantitative estimate of drug-likeness (QED) is 0.602. The Morgan fingerprint density at radius 3 is 2.65 bits per heavy atom. The second-order valence-electron chi connectivity index (χ2n) is 4.56. The first kappa shape index (κ1) is 15.5. The number of halogens is 1. The number of aromatic nitrogens is 6. The monoisotopic (exact) mass is 348 g/mol. The normalized spacial score (nSPS) is 10.7. The average molecular weight is 349 g/mol. The molecule has 0 saturated carbocycles. The van der Waals surface area contributed by atoms with Crippen LogP contribution in [0.2, 0.25) is 5.02 Å². The third-order valence-corrected chi connectivity index (χ3v) is 3.80. The molecule has 0 spiro atoms. The topological polar surface area (TPSA) is 118 Å². The Morgan fingerprint density at radius 2 is 1.96 bits per heavy atom. The van der Waals surface area contributed by atoms with E-state index >= 15 is 0 Å². The summed E-state index contributed by atoms with van der Waals surface area (Å²) < 4.78 is 0. The number of aryl methyl sites for hydroxylation is 1. The van der Waals surface area contributed by atoms with Crippen LogP contribution in [0.15, 0.2) is 29.4 Å². The molecule has 0 aliphatic heterocycles. The van der Waals surface area contributed by atoms with Crippen molar-refractivity contribution in [3.63, 3.8) is 0 Å². The van der Waals surface area contributed by atoms with Gasteiger partial charge in [0.15, 0.2) is 0 Å². The molecule has 0 unspecified atom stereocenters. The minimum Gasteiger partial charge on any atom is -0.368 e. The fraction of sp³-hybridized carbons (Fsp3) is 0.154. The molecule has 0 radical (unpaired) electrons. The highest BCUT2D eigenvalue weighted by Gasteiger charge is 2.08. The summed E-state index contributed by atoms with van der Waals surface area (Å²) in [6.45, 7) is 1.84. The standard InChI is InChI=1S/C13H13ClN8S/c1-7-16-13(22-21-7)23-6-10-18-11(15)20-12(19-10)17-9-4-2-8(14)3-5-9/h2-5H,6H2,1H3,(H,16,21,22)(H3,15,17,18,19,20). The molecule has 23 heavy (non-hydrogen) atoms. The lowest BCUT2D eigenvalue weighted by atomic mass is 10.3. The first-order chi connectivity index (χ1) is 11.1. The Kier molecular flexibility index (Phi) is 4.58. The van der Waals surface area contributed by atoms with Crippen molar-refractivity contribution in [1.29, 1.82) is 0 Å². The third-order valence-electron chi connectivity index (χ3n) is 2.71. The Morgan fingerprint density at radius 1 is 1.17 bits per heavy atom. The van der Waals surface area contributed by atoms with Gasteiger partial charge in [-0.05, 0) is 31.2 Å². The molecule has 1 aromatic carbocycles. The fourth-order valence-corrected chi connectivity index (χ4v) is 2.56. The fourth-order valence-electron chi connectivity index (χ4n) is 1.74. The maximum atomic E-state index is 5.86. The van der Waals surface area contributed by atoms with Gasteiger partial charge in [-0.25, -0.2) is 4.98 Å². The van der Waals surface area contributed by atoms with Crippen LogP contribution in [0.1, 0.15) is 11.6 Å². The average Bonchev–Trinajstić information content (AvgIpc) is 2.93. The number of benzene rings is 1. The Hall–Kier alpha value is -2.39. The van der Waals surface area contributed by atoms with Crippen LogP contribution in [-0.4, -0.2) is 30.1 Å². The maximum Gasteiger partial charge on any atom is 0.232 e. The van der Waals surface area contributed by atoms with E-state index in [0.29, 0.717) is 27.7 Å². The molecule has 0 amide bonds. The van der Waals surface area contributed by atoms with Crippen LogP contribution in [0.4, 0.5) is 17.6 Å². The number of nitrogens with zero attached hydrogens (tertiary/aromatic N) is 5. The van der Waals surface area contributed by atoms with Crippen LogP contribution < -0.4 is 11.1 Å². The Balaban J connectivity index is 1.72. The zero-order valence-corrected chi connectivity index (χ0v) is 13.7. The summed E-state index contributed by atoms with van der Waals surface area (Å²) in [6.07, 6.45) is 0. The van der Waals surface area contributed by atoms with E-state index in [4.69, 9.17) is 17.3 Å². The van der Waals surface area contributed by atoms with Crippen LogP contribution in [0, 0.1) is 6.92 Å². The number of aromatic amines is 1. The second kappa shape index (κ2) is 6.80. The highest BCUT2D eigenvalue weighted by atomic mass is 35.5. The smallest absolute Gasteiger partial charge is 0.232 e. The highest BCUT2D eigenvalue weighted by Crippen LogP contribution is 2.20.